The van der Waals surface area contributed by atoms with Crippen LogP contribution in [0.2, 0.25) is 0 Å². The maximum Gasteiger partial charge on any atom is 0.344 e. The summed E-state index contributed by atoms with van der Waals surface area (Å²) in [6.07, 6.45) is 0.0230. The average Bonchev–Trinajstić information content (AvgIpc) is 2.82. The third-order valence-corrected chi connectivity index (χ3v) is 10.0. The Kier molecular flexibility index (Phi) is 10.2. The number of benzene rings is 1. The number of hydroxylamine groups is 2. The Morgan fingerprint density at radius 1 is 0.571 bits per heavy atom. The smallest absolute Gasteiger partial charge is 0.344 e. The van der Waals surface area contributed by atoms with Crippen LogP contribution in [0.4, 0.5) is 13.2 Å². The van der Waals surface area contributed by atoms with Gasteiger partial charge in [0, 0.05) is 47.8 Å². The zero-order valence-corrected chi connectivity index (χ0v) is 31.2. The first-order valence-corrected chi connectivity index (χ1v) is 17.2. The van der Waals surface area contributed by atoms with E-state index in [-0.39, 0.29) is 23.7 Å². The number of nitrogens with zero attached hydrogens (tertiary/aromatic N) is 1. The third-order valence-electron chi connectivity index (χ3n) is 10.0. The molecule has 0 atom stereocenters. The minimum Gasteiger partial charge on any atom is -0.459 e. The first-order chi connectivity index (χ1) is 22.1. The zero-order valence-electron chi connectivity index (χ0n) is 31.2. The molecule has 1 aromatic rings. The van der Waals surface area contributed by atoms with Crippen LogP contribution in [0.5, 0.6) is 0 Å². The van der Waals surface area contributed by atoms with E-state index in [9.17, 15) is 19.6 Å². The molecule has 0 aromatic heterocycles. The number of hydrogen-bond acceptors (Lipinski definition) is 9. The summed E-state index contributed by atoms with van der Waals surface area (Å²) >= 11 is 0. The monoisotopic (exact) mass is 696 g/mol. The second kappa shape index (κ2) is 12.8. The van der Waals surface area contributed by atoms with Crippen LogP contribution in [-0.4, -0.2) is 68.6 Å². The maximum atomic E-state index is 16.3. The Labute approximate surface area is 288 Å². The number of halogens is 3. The molecular formula is C37H55F3N2O7. The van der Waals surface area contributed by atoms with Gasteiger partial charge in [-0.25, -0.2) is 27.6 Å². The number of esters is 3. The van der Waals surface area contributed by atoms with Crippen LogP contribution < -0.4 is 5.32 Å². The van der Waals surface area contributed by atoms with Crippen molar-refractivity contribution in [2.45, 2.75) is 168 Å². The molecule has 49 heavy (non-hydrogen) atoms. The second-order valence-electron chi connectivity index (χ2n) is 18.7. The first kappa shape index (κ1) is 39.1. The van der Waals surface area contributed by atoms with Gasteiger partial charge in [-0.05, 0) is 85.5 Å². The van der Waals surface area contributed by atoms with Crippen LogP contribution in [-0.2, 0) is 14.2 Å². The van der Waals surface area contributed by atoms with Crippen LogP contribution in [0, 0.1) is 28.3 Å². The van der Waals surface area contributed by atoms with Gasteiger partial charge in [-0.2, -0.15) is 5.06 Å². The van der Waals surface area contributed by atoms with E-state index in [1.165, 1.54) is 0 Å². The highest BCUT2D eigenvalue weighted by Gasteiger charge is 2.48. The van der Waals surface area contributed by atoms with Gasteiger partial charge in [0.25, 0.3) is 0 Å². The maximum absolute atomic E-state index is 16.3. The summed E-state index contributed by atoms with van der Waals surface area (Å²) in [4.78, 5) is 40.9. The summed E-state index contributed by atoms with van der Waals surface area (Å²) in [6, 6.07) is 0. The largest absolute Gasteiger partial charge is 0.459 e. The van der Waals surface area contributed by atoms with Crippen molar-refractivity contribution in [2.75, 3.05) is 0 Å². The first-order valence-electron chi connectivity index (χ1n) is 17.2. The Morgan fingerprint density at radius 2 is 0.857 bits per heavy atom. The highest BCUT2D eigenvalue weighted by Crippen LogP contribution is 2.47. The highest BCUT2D eigenvalue weighted by atomic mass is 19.1. The SMILES string of the molecule is CC1(C)CC(OC(=O)c2c(F)c(C(=O)OC3CC(C)(C)NC(C)(C)C3)c(F)c(C(=O)OC3CC(C)(C)N(O)C(C)(C)C3)c2F)CC(C)(C)C1. The molecule has 2 heterocycles. The van der Waals surface area contributed by atoms with Gasteiger partial charge in [0.1, 0.15) is 35.0 Å². The minimum absolute atomic E-state index is 0.0986. The van der Waals surface area contributed by atoms with E-state index in [0.717, 1.165) is 11.5 Å². The van der Waals surface area contributed by atoms with E-state index >= 15 is 13.2 Å². The van der Waals surface area contributed by atoms with Gasteiger partial charge in [-0.15, -0.1) is 0 Å². The van der Waals surface area contributed by atoms with Gasteiger partial charge in [-0.1, -0.05) is 27.7 Å². The summed E-state index contributed by atoms with van der Waals surface area (Å²) in [5.41, 5.74) is -7.38. The summed E-state index contributed by atoms with van der Waals surface area (Å²) in [5, 5.41) is 15.2. The molecule has 276 valence electrons. The lowest BCUT2D eigenvalue weighted by molar-refractivity contribution is -0.256. The van der Waals surface area contributed by atoms with E-state index in [1.807, 2.05) is 55.4 Å². The van der Waals surface area contributed by atoms with Crippen LogP contribution in [0.1, 0.15) is 159 Å². The summed E-state index contributed by atoms with van der Waals surface area (Å²) < 4.78 is 65.7. The Morgan fingerprint density at radius 3 is 1.18 bits per heavy atom. The van der Waals surface area contributed by atoms with E-state index in [4.69, 9.17) is 14.2 Å². The van der Waals surface area contributed by atoms with Gasteiger partial charge >= 0.3 is 17.9 Å². The topological polar surface area (TPSA) is 114 Å². The molecule has 0 unspecified atom stereocenters. The van der Waals surface area contributed by atoms with Gasteiger partial charge in [0.05, 0.1) is 0 Å². The number of hydrogen-bond donors (Lipinski definition) is 2. The number of ether oxygens (including phenoxy) is 3. The molecule has 0 bridgehead atoms. The molecule has 1 aliphatic carbocycles. The van der Waals surface area contributed by atoms with E-state index in [1.54, 1.807) is 27.7 Å². The lowest BCUT2D eigenvalue weighted by Gasteiger charge is -2.50. The van der Waals surface area contributed by atoms with Crippen LogP contribution >= 0.6 is 0 Å². The molecule has 3 fully saturated rings. The third kappa shape index (κ3) is 8.61. The number of nitrogens with one attached hydrogen (secondary N) is 1. The summed E-state index contributed by atoms with van der Waals surface area (Å²) in [5.74, 6) is -9.92. The Balaban J connectivity index is 1.76. The molecule has 1 saturated carbocycles. The molecule has 0 spiro atoms. The minimum atomic E-state index is -1.83. The highest BCUT2D eigenvalue weighted by molar-refractivity contribution is 6.02. The van der Waals surface area contributed by atoms with Crippen molar-refractivity contribution in [2.24, 2.45) is 10.8 Å². The van der Waals surface area contributed by atoms with Gasteiger partial charge in [0.2, 0.25) is 0 Å². The molecule has 9 nitrogen and oxygen atoms in total. The Bertz CT molecular complexity index is 1370. The van der Waals surface area contributed by atoms with Crippen molar-refractivity contribution in [3.63, 3.8) is 0 Å². The molecule has 2 aliphatic heterocycles. The normalized spacial score (nSPS) is 25.0. The van der Waals surface area contributed by atoms with Crippen molar-refractivity contribution in [1.82, 2.24) is 10.4 Å². The standard InChI is InChI=1S/C37H55F3N2O7/c1-32(2)13-20(14-33(3,4)19-32)47-29(43)23-26(38)24(30(44)48-21-15-34(5,6)41-35(7,8)16-21)28(40)25(27(23)39)31(45)49-22-17-36(9,10)42(46)37(11,12)18-22/h20-22,41,46H,13-19H2,1-12H3. The lowest BCUT2D eigenvalue weighted by Crippen LogP contribution is -2.60. The van der Waals surface area contributed by atoms with Crippen molar-refractivity contribution in [3.8, 4) is 0 Å². The predicted octanol–water partition coefficient (Wildman–Crippen LogP) is 7.90. The van der Waals surface area contributed by atoms with Gasteiger partial charge in [0.15, 0.2) is 17.5 Å². The quantitative estimate of drug-likeness (QED) is 0.226. The molecule has 12 heteroatoms. The molecule has 0 radical (unpaired) electrons. The van der Waals surface area contributed by atoms with Crippen molar-refractivity contribution < 1.29 is 47.0 Å². The Hall–Kier alpha value is -2.70. The number of carbonyl (C=O) groups excluding carboxylic acids is 3. The molecule has 2 N–H and O–H groups in total. The van der Waals surface area contributed by atoms with Crippen molar-refractivity contribution in [1.29, 1.82) is 0 Å². The number of rotatable bonds is 6. The second-order valence-corrected chi connectivity index (χ2v) is 18.7. The van der Waals surface area contributed by atoms with Crippen molar-refractivity contribution in [3.05, 3.63) is 34.1 Å². The molecule has 4 rings (SSSR count). The van der Waals surface area contributed by atoms with E-state index < -0.39 is 92.5 Å². The molecule has 3 aliphatic rings. The van der Waals surface area contributed by atoms with Crippen LogP contribution in [0.3, 0.4) is 0 Å². The fourth-order valence-corrected chi connectivity index (χ4v) is 9.23. The predicted molar refractivity (Wildman–Crippen MR) is 177 cm³/mol. The zero-order chi connectivity index (χ0) is 37.3. The van der Waals surface area contributed by atoms with Crippen LogP contribution in [0.15, 0.2) is 0 Å². The summed E-state index contributed by atoms with van der Waals surface area (Å²) in [7, 11) is 0. The fraction of sp³-hybridized carbons (Fsp3) is 0.757. The molecular weight excluding hydrogens is 641 g/mol. The number of carbonyl (C=O) groups is 3. The van der Waals surface area contributed by atoms with Crippen molar-refractivity contribution >= 4 is 17.9 Å². The van der Waals surface area contributed by atoms with Gasteiger partial charge < -0.3 is 24.7 Å². The van der Waals surface area contributed by atoms with E-state index in [2.05, 4.69) is 5.32 Å². The van der Waals surface area contributed by atoms with E-state index in [0.29, 0.717) is 25.7 Å². The molecule has 2 saturated heterocycles. The fourth-order valence-electron chi connectivity index (χ4n) is 9.23. The summed E-state index contributed by atoms with van der Waals surface area (Å²) in [6.45, 7) is 22.5. The van der Waals surface area contributed by atoms with Gasteiger partial charge in [-0.3, -0.25) is 0 Å². The lowest BCUT2D eigenvalue weighted by atomic mass is 9.64. The number of piperidine rings is 2. The average molecular weight is 697 g/mol. The molecule has 0 amide bonds. The molecule has 1 aromatic carbocycles. The van der Waals surface area contributed by atoms with Crippen LogP contribution in [0.25, 0.3) is 0 Å².